The third-order valence-electron chi connectivity index (χ3n) is 1.85. The van der Waals surface area contributed by atoms with Gasteiger partial charge >= 0.3 is 0 Å². The van der Waals surface area contributed by atoms with Crippen LogP contribution in [0.5, 0.6) is 0 Å². The number of hydrogen-bond acceptors (Lipinski definition) is 3. The molecule has 17 heavy (non-hydrogen) atoms. The number of rotatable bonds is 4. The van der Waals surface area contributed by atoms with E-state index in [0.717, 1.165) is 12.1 Å². The van der Waals surface area contributed by atoms with Crippen LogP contribution in [0.1, 0.15) is 10.4 Å². The fourth-order valence-electron chi connectivity index (χ4n) is 1.05. The molecular weight excluding hydrogens is 271 g/mol. The number of carbonyl (C=O) groups is 1. The van der Waals surface area contributed by atoms with Crippen molar-refractivity contribution < 1.29 is 17.6 Å². The summed E-state index contributed by atoms with van der Waals surface area (Å²) in [5.74, 6) is -1.54. The largest absolute Gasteiger partial charge is 0.351 e. The fourth-order valence-corrected chi connectivity index (χ4v) is 1.61. The number of halogens is 2. The molecule has 0 fully saturated rings. The van der Waals surface area contributed by atoms with Crippen LogP contribution in [0, 0.1) is 5.82 Å². The lowest BCUT2D eigenvalue weighted by atomic mass is 10.2. The van der Waals surface area contributed by atoms with Gasteiger partial charge < -0.3 is 5.32 Å². The van der Waals surface area contributed by atoms with Crippen LogP contribution in [0.2, 0.25) is 5.02 Å². The zero-order valence-corrected chi connectivity index (χ0v) is 10.2. The van der Waals surface area contributed by atoms with Crippen LogP contribution in [0.4, 0.5) is 4.39 Å². The first kappa shape index (κ1) is 13.9. The summed E-state index contributed by atoms with van der Waals surface area (Å²) in [5, 5.41) is 6.90. The fraction of sp³-hybridized carbons (Fsp3) is 0.222. The van der Waals surface area contributed by atoms with Gasteiger partial charge in [-0.3, -0.25) is 4.79 Å². The van der Waals surface area contributed by atoms with Crippen LogP contribution in [0.25, 0.3) is 0 Å². The molecule has 0 bridgehead atoms. The number of primary sulfonamides is 1. The average Bonchev–Trinajstić information content (AvgIpc) is 2.20. The number of amides is 1. The molecule has 0 saturated carbocycles. The SMILES string of the molecule is NS(=O)(=O)CCNC(=O)c1ccc(F)c(Cl)c1. The molecule has 1 amide bonds. The number of sulfonamides is 1. The first-order chi connectivity index (χ1) is 7.79. The Hall–Kier alpha value is -1.18. The van der Waals surface area contributed by atoms with Gasteiger partial charge in [-0.25, -0.2) is 17.9 Å². The van der Waals surface area contributed by atoms with Crippen LogP contribution in [0.15, 0.2) is 18.2 Å². The maximum Gasteiger partial charge on any atom is 0.251 e. The molecule has 5 nitrogen and oxygen atoms in total. The van der Waals surface area contributed by atoms with Crippen LogP contribution >= 0.6 is 11.6 Å². The van der Waals surface area contributed by atoms with E-state index in [9.17, 15) is 17.6 Å². The predicted molar refractivity (Wildman–Crippen MR) is 61.7 cm³/mol. The molecule has 0 spiro atoms. The Bertz CT molecular complexity index is 533. The molecule has 8 heteroatoms. The Morgan fingerprint density at radius 2 is 2.12 bits per heavy atom. The van der Waals surface area contributed by atoms with E-state index in [-0.39, 0.29) is 22.9 Å². The second kappa shape index (κ2) is 5.44. The molecule has 3 N–H and O–H groups in total. The summed E-state index contributed by atoms with van der Waals surface area (Å²) in [6, 6.07) is 3.45. The minimum absolute atomic E-state index is 0.118. The molecule has 0 aromatic heterocycles. The van der Waals surface area contributed by atoms with Gasteiger partial charge in [0.1, 0.15) is 5.82 Å². The number of nitrogens with one attached hydrogen (secondary N) is 1. The Kier molecular flexibility index (Phi) is 4.44. The second-order valence-electron chi connectivity index (χ2n) is 3.25. The molecule has 0 atom stereocenters. The van der Waals surface area contributed by atoms with Gasteiger partial charge in [0, 0.05) is 12.1 Å². The summed E-state index contributed by atoms with van der Waals surface area (Å²) in [4.78, 5) is 11.5. The molecule has 0 aliphatic rings. The van der Waals surface area contributed by atoms with Crippen LogP contribution in [-0.2, 0) is 10.0 Å². The van der Waals surface area contributed by atoms with Gasteiger partial charge in [0.15, 0.2) is 0 Å². The third-order valence-corrected chi connectivity index (χ3v) is 2.92. The van der Waals surface area contributed by atoms with Crippen molar-refractivity contribution in [3.63, 3.8) is 0 Å². The molecule has 0 radical (unpaired) electrons. The Morgan fingerprint density at radius 3 is 2.65 bits per heavy atom. The van der Waals surface area contributed by atoms with E-state index in [1.807, 2.05) is 0 Å². The Balaban J connectivity index is 2.61. The lowest BCUT2D eigenvalue weighted by Gasteiger charge is -2.04. The number of benzene rings is 1. The van der Waals surface area contributed by atoms with Crippen LogP contribution < -0.4 is 10.5 Å². The molecule has 1 rings (SSSR count). The summed E-state index contributed by atoms with van der Waals surface area (Å²) in [7, 11) is -3.62. The van der Waals surface area contributed by atoms with Gasteiger partial charge in [0.25, 0.3) is 5.91 Å². The molecule has 0 heterocycles. The van der Waals surface area contributed by atoms with Crippen molar-refractivity contribution in [2.24, 2.45) is 5.14 Å². The van der Waals surface area contributed by atoms with Crippen LogP contribution in [-0.4, -0.2) is 26.6 Å². The molecule has 94 valence electrons. The summed E-state index contributed by atoms with van der Waals surface area (Å²) in [6.07, 6.45) is 0. The van der Waals surface area contributed by atoms with Crippen molar-refractivity contribution >= 4 is 27.5 Å². The zero-order chi connectivity index (χ0) is 13.1. The van der Waals surface area contributed by atoms with Gasteiger partial charge in [-0.2, -0.15) is 0 Å². The van der Waals surface area contributed by atoms with Gasteiger partial charge in [-0.15, -0.1) is 0 Å². The van der Waals surface area contributed by atoms with Crippen molar-refractivity contribution in [3.8, 4) is 0 Å². The highest BCUT2D eigenvalue weighted by atomic mass is 35.5. The molecule has 1 aromatic carbocycles. The van der Waals surface area contributed by atoms with Gasteiger partial charge in [0.05, 0.1) is 10.8 Å². The minimum Gasteiger partial charge on any atom is -0.351 e. The molecule has 0 saturated heterocycles. The standard InChI is InChI=1S/C9H10ClFN2O3S/c10-7-5-6(1-2-8(7)11)9(14)13-3-4-17(12,15)16/h1-2,5H,3-4H2,(H,13,14)(H2,12,15,16). The summed E-state index contributed by atoms with van der Waals surface area (Å²) in [5.41, 5.74) is 0.144. The normalized spacial score (nSPS) is 11.2. The van der Waals surface area contributed by atoms with Gasteiger partial charge in [-0.1, -0.05) is 11.6 Å². The predicted octanol–water partition coefficient (Wildman–Crippen LogP) is 0.497. The molecular formula is C9H10ClFN2O3S. The van der Waals surface area contributed by atoms with E-state index < -0.39 is 21.7 Å². The molecule has 0 aliphatic heterocycles. The maximum absolute atomic E-state index is 12.8. The molecule has 0 unspecified atom stereocenters. The highest BCUT2D eigenvalue weighted by Gasteiger charge is 2.09. The molecule has 1 aromatic rings. The second-order valence-corrected chi connectivity index (χ2v) is 5.39. The summed E-state index contributed by atoms with van der Waals surface area (Å²) >= 11 is 5.49. The minimum atomic E-state index is -3.62. The monoisotopic (exact) mass is 280 g/mol. The zero-order valence-electron chi connectivity index (χ0n) is 8.61. The number of nitrogens with two attached hydrogens (primary N) is 1. The summed E-state index contributed by atoms with van der Waals surface area (Å²) in [6.45, 7) is -0.118. The highest BCUT2D eigenvalue weighted by molar-refractivity contribution is 7.89. The van der Waals surface area contributed by atoms with E-state index in [1.54, 1.807) is 0 Å². The lowest BCUT2D eigenvalue weighted by Crippen LogP contribution is -2.31. The quantitative estimate of drug-likeness (QED) is 0.841. The van der Waals surface area contributed by atoms with Gasteiger partial charge in [0.2, 0.25) is 10.0 Å². The Morgan fingerprint density at radius 1 is 1.47 bits per heavy atom. The number of hydrogen-bond donors (Lipinski definition) is 2. The van der Waals surface area contributed by atoms with Crippen molar-refractivity contribution in [2.75, 3.05) is 12.3 Å². The topological polar surface area (TPSA) is 89.3 Å². The van der Waals surface area contributed by atoms with Crippen molar-refractivity contribution in [1.29, 1.82) is 0 Å². The number of carbonyl (C=O) groups excluding carboxylic acids is 1. The maximum atomic E-state index is 12.8. The van der Waals surface area contributed by atoms with Gasteiger partial charge in [-0.05, 0) is 18.2 Å². The van der Waals surface area contributed by atoms with Crippen molar-refractivity contribution in [2.45, 2.75) is 0 Å². The third kappa shape index (κ3) is 4.68. The van der Waals surface area contributed by atoms with E-state index >= 15 is 0 Å². The smallest absolute Gasteiger partial charge is 0.251 e. The van der Waals surface area contributed by atoms with E-state index in [2.05, 4.69) is 5.32 Å². The lowest BCUT2D eigenvalue weighted by molar-refractivity contribution is 0.0956. The summed E-state index contributed by atoms with van der Waals surface area (Å²) < 4.78 is 34.0. The van der Waals surface area contributed by atoms with E-state index in [1.165, 1.54) is 6.07 Å². The highest BCUT2D eigenvalue weighted by Crippen LogP contribution is 2.15. The first-order valence-corrected chi connectivity index (χ1v) is 6.62. The van der Waals surface area contributed by atoms with Crippen LogP contribution in [0.3, 0.4) is 0 Å². The Labute approximate surface area is 103 Å². The average molecular weight is 281 g/mol. The first-order valence-electron chi connectivity index (χ1n) is 4.53. The van der Waals surface area contributed by atoms with Crippen molar-refractivity contribution in [1.82, 2.24) is 5.32 Å². The molecule has 0 aliphatic carbocycles. The van der Waals surface area contributed by atoms with Crippen molar-refractivity contribution in [3.05, 3.63) is 34.6 Å². The van der Waals surface area contributed by atoms with E-state index in [0.29, 0.717) is 0 Å². The van der Waals surface area contributed by atoms with E-state index in [4.69, 9.17) is 16.7 Å².